The topological polar surface area (TPSA) is 167 Å². The fraction of sp³-hybridized carbons (Fsp3) is 0.500. The maximum absolute atomic E-state index is 12.5. The molecule has 12 heteroatoms. The number of nitrogens with two attached hydrogens (primary N) is 2. The molecular weight excluding hydrogens is 420 g/mol. The Morgan fingerprint density at radius 3 is 1.22 bits per heavy atom. The number of carbonyl (C=O) groups excluding carboxylic acids is 6. The Kier molecular flexibility index (Phi) is 9.22. The van der Waals surface area contributed by atoms with Crippen LogP contribution in [0.15, 0.2) is 24.3 Å². The molecule has 0 aromatic heterocycles. The van der Waals surface area contributed by atoms with Gasteiger partial charge in [-0.25, -0.2) is 0 Å². The molecule has 2 aliphatic heterocycles. The van der Waals surface area contributed by atoms with Crippen LogP contribution in [0.25, 0.3) is 0 Å². The minimum atomic E-state index is -0.450. The van der Waals surface area contributed by atoms with Gasteiger partial charge in [0.2, 0.25) is 11.8 Å². The third kappa shape index (κ3) is 6.56. The van der Waals surface area contributed by atoms with E-state index in [1.807, 2.05) is 0 Å². The van der Waals surface area contributed by atoms with Crippen molar-refractivity contribution in [3.05, 3.63) is 24.3 Å². The molecule has 174 valence electrons. The Hall–Kier alpha value is -3.38. The third-order valence-electron chi connectivity index (χ3n) is 5.05. The van der Waals surface area contributed by atoms with Crippen LogP contribution in [0.1, 0.15) is 12.8 Å². The van der Waals surface area contributed by atoms with Crippen LogP contribution in [0.2, 0.25) is 0 Å². The van der Waals surface area contributed by atoms with Crippen LogP contribution in [-0.4, -0.2) is 107 Å². The lowest BCUT2D eigenvalue weighted by molar-refractivity contribution is -0.141. The Balaban J connectivity index is 2.00. The molecule has 32 heavy (non-hydrogen) atoms. The number of hydrogen-bond acceptors (Lipinski definition) is 8. The Morgan fingerprint density at radius 1 is 0.625 bits per heavy atom. The van der Waals surface area contributed by atoms with Gasteiger partial charge in [-0.1, -0.05) is 0 Å². The Bertz CT molecular complexity index is 734. The fourth-order valence-corrected chi connectivity index (χ4v) is 3.27. The highest BCUT2D eigenvalue weighted by Gasteiger charge is 2.27. The molecule has 0 radical (unpaired) electrons. The molecule has 0 saturated heterocycles. The molecule has 12 nitrogen and oxygen atoms in total. The van der Waals surface area contributed by atoms with Gasteiger partial charge >= 0.3 is 0 Å². The number of carbonyl (C=O) groups is 6. The summed E-state index contributed by atoms with van der Waals surface area (Å²) < 4.78 is 0. The molecule has 0 bridgehead atoms. The van der Waals surface area contributed by atoms with E-state index in [1.165, 1.54) is 9.80 Å². The second-order valence-electron chi connectivity index (χ2n) is 7.16. The molecule has 2 rings (SSSR count). The lowest BCUT2D eigenvalue weighted by atomic mass is 10.3. The molecular formula is C20H28N6O6. The van der Waals surface area contributed by atoms with Crippen LogP contribution in [0.4, 0.5) is 0 Å². The minimum absolute atomic E-state index is 0.0141. The molecule has 0 atom stereocenters. The van der Waals surface area contributed by atoms with Crippen molar-refractivity contribution in [2.45, 2.75) is 12.8 Å². The van der Waals surface area contributed by atoms with Crippen LogP contribution in [-0.2, 0) is 28.8 Å². The van der Waals surface area contributed by atoms with Gasteiger partial charge in [0.25, 0.3) is 23.6 Å². The second kappa shape index (κ2) is 11.9. The van der Waals surface area contributed by atoms with Gasteiger partial charge in [-0.3, -0.25) is 38.6 Å². The summed E-state index contributed by atoms with van der Waals surface area (Å²) in [5, 5.41) is 0. The van der Waals surface area contributed by atoms with E-state index in [1.54, 1.807) is 0 Å². The van der Waals surface area contributed by atoms with Crippen molar-refractivity contribution in [3.63, 3.8) is 0 Å². The molecule has 4 N–H and O–H groups in total. The van der Waals surface area contributed by atoms with Gasteiger partial charge in [0.1, 0.15) is 0 Å². The van der Waals surface area contributed by atoms with E-state index < -0.39 is 23.6 Å². The van der Waals surface area contributed by atoms with E-state index in [2.05, 4.69) is 0 Å². The smallest absolute Gasteiger partial charge is 0.253 e. The van der Waals surface area contributed by atoms with Gasteiger partial charge in [-0.2, -0.15) is 0 Å². The zero-order valence-corrected chi connectivity index (χ0v) is 17.8. The largest absolute Gasteiger partial charge is 0.339 e. The minimum Gasteiger partial charge on any atom is -0.339 e. The molecule has 0 saturated carbocycles. The number of imide groups is 2. The first kappa shape index (κ1) is 24.9. The van der Waals surface area contributed by atoms with Crippen LogP contribution in [0, 0.1) is 0 Å². The molecule has 0 fully saturated rings. The molecule has 6 amide bonds. The van der Waals surface area contributed by atoms with Crippen LogP contribution in [0.3, 0.4) is 0 Å². The SMILES string of the molecule is NCCC(=O)N(CCN(CCN1C(=O)C=CC1=O)C(=O)CCN)CCN1C(=O)C=CC1=O. The summed E-state index contributed by atoms with van der Waals surface area (Å²) in [6, 6.07) is 0. The monoisotopic (exact) mass is 448 g/mol. The van der Waals surface area contributed by atoms with E-state index in [9.17, 15) is 28.8 Å². The lowest BCUT2D eigenvalue weighted by Gasteiger charge is -2.30. The highest BCUT2D eigenvalue weighted by molar-refractivity contribution is 6.13. The van der Waals surface area contributed by atoms with E-state index in [-0.39, 0.29) is 77.0 Å². The van der Waals surface area contributed by atoms with Gasteiger partial charge in [0, 0.05) is 89.5 Å². The Morgan fingerprint density at radius 2 is 0.938 bits per heavy atom. The molecule has 0 spiro atoms. The molecule has 0 aromatic carbocycles. The highest BCUT2D eigenvalue weighted by atomic mass is 16.2. The van der Waals surface area contributed by atoms with Crippen LogP contribution >= 0.6 is 0 Å². The quantitative estimate of drug-likeness (QED) is 0.285. The average molecular weight is 448 g/mol. The zero-order valence-electron chi connectivity index (χ0n) is 17.8. The summed E-state index contributed by atoms with van der Waals surface area (Å²) in [6.45, 7) is 0.701. The first-order chi connectivity index (χ1) is 15.3. The summed E-state index contributed by atoms with van der Waals surface area (Å²) in [5.41, 5.74) is 11.0. The zero-order chi connectivity index (χ0) is 23.7. The highest BCUT2D eigenvalue weighted by Crippen LogP contribution is 2.07. The molecule has 2 heterocycles. The normalized spacial score (nSPS) is 15.3. The summed E-state index contributed by atoms with van der Waals surface area (Å²) in [7, 11) is 0. The van der Waals surface area contributed by atoms with Crippen molar-refractivity contribution < 1.29 is 28.8 Å². The van der Waals surface area contributed by atoms with Crippen molar-refractivity contribution in [2.75, 3.05) is 52.4 Å². The number of hydrogen-bond donors (Lipinski definition) is 2. The van der Waals surface area contributed by atoms with Crippen LogP contribution in [0.5, 0.6) is 0 Å². The van der Waals surface area contributed by atoms with Crippen molar-refractivity contribution in [3.8, 4) is 0 Å². The second-order valence-corrected chi connectivity index (χ2v) is 7.16. The van der Waals surface area contributed by atoms with E-state index in [0.717, 1.165) is 34.1 Å². The summed E-state index contributed by atoms with van der Waals surface area (Å²) >= 11 is 0. The third-order valence-corrected chi connectivity index (χ3v) is 5.05. The van der Waals surface area contributed by atoms with Gasteiger partial charge in [0.05, 0.1) is 0 Å². The van der Waals surface area contributed by atoms with E-state index >= 15 is 0 Å². The standard InChI is InChI=1S/C20H28N6O6/c21-7-5-15(27)23(11-13-25-17(29)1-2-18(25)30)9-10-24(16(28)6-8-22)12-14-26-19(31)3-4-20(26)32/h1-4H,5-14,21-22H2. The average Bonchev–Trinajstić information content (AvgIpc) is 3.25. The Labute approximate surface area is 185 Å². The van der Waals surface area contributed by atoms with Gasteiger partial charge in [0.15, 0.2) is 0 Å². The van der Waals surface area contributed by atoms with Gasteiger partial charge in [-0.15, -0.1) is 0 Å². The van der Waals surface area contributed by atoms with Crippen molar-refractivity contribution in [2.24, 2.45) is 11.5 Å². The van der Waals surface area contributed by atoms with E-state index in [0.29, 0.717) is 0 Å². The molecule has 0 aromatic rings. The van der Waals surface area contributed by atoms with Crippen LogP contribution < -0.4 is 11.5 Å². The van der Waals surface area contributed by atoms with Crippen molar-refractivity contribution in [1.82, 2.24) is 19.6 Å². The number of nitrogens with zero attached hydrogens (tertiary/aromatic N) is 4. The fourth-order valence-electron chi connectivity index (χ4n) is 3.27. The van der Waals surface area contributed by atoms with Gasteiger partial charge < -0.3 is 21.3 Å². The van der Waals surface area contributed by atoms with Gasteiger partial charge in [-0.05, 0) is 0 Å². The first-order valence-electron chi connectivity index (χ1n) is 10.3. The predicted octanol–water partition coefficient (Wildman–Crippen LogP) is -2.81. The van der Waals surface area contributed by atoms with Crippen molar-refractivity contribution >= 4 is 35.4 Å². The summed E-state index contributed by atoms with van der Waals surface area (Å²) in [5.74, 6) is -2.35. The molecule has 0 aliphatic carbocycles. The van der Waals surface area contributed by atoms with Crippen molar-refractivity contribution in [1.29, 1.82) is 0 Å². The maximum atomic E-state index is 12.5. The maximum Gasteiger partial charge on any atom is 0.253 e. The molecule has 2 aliphatic rings. The number of rotatable bonds is 13. The lowest BCUT2D eigenvalue weighted by Crippen LogP contribution is -2.47. The summed E-state index contributed by atoms with van der Waals surface area (Å²) in [6.07, 6.45) is 4.79. The van der Waals surface area contributed by atoms with E-state index in [4.69, 9.17) is 11.5 Å². The first-order valence-corrected chi connectivity index (χ1v) is 10.3. The predicted molar refractivity (Wildman–Crippen MR) is 112 cm³/mol. The number of amides is 6. The molecule has 0 unspecified atom stereocenters. The summed E-state index contributed by atoms with van der Waals surface area (Å²) in [4.78, 5) is 76.9.